The maximum Gasteiger partial charge on any atom is 0.407 e. The molecule has 112 valence electrons. The Morgan fingerprint density at radius 3 is 2.55 bits per heavy atom. The number of aliphatic hydroxyl groups excluding tert-OH is 1. The first kappa shape index (κ1) is 16.5. The second kappa shape index (κ2) is 6.75. The zero-order chi connectivity index (χ0) is 15.3. The number of amides is 1. The number of carbonyl (C=O) groups excluding carboxylic acids is 1. The van der Waals surface area contributed by atoms with Crippen molar-refractivity contribution in [3.05, 3.63) is 34.9 Å². The maximum absolute atomic E-state index is 11.5. The van der Waals surface area contributed by atoms with Crippen LogP contribution in [0.2, 0.25) is 0 Å². The van der Waals surface area contributed by atoms with Gasteiger partial charge in [0, 0.05) is 13.0 Å². The Hall–Kier alpha value is -1.55. The van der Waals surface area contributed by atoms with E-state index in [1.165, 1.54) is 5.56 Å². The molecule has 0 fully saturated rings. The molecule has 2 N–H and O–H groups in total. The first-order valence-electron chi connectivity index (χ1n) is 6.88. The normalized spacial score (nSPS) is 12.9. The number of aryl methyl sites for hydroxylation is 2. The standard InChI is InChI=1S/C16H25NO3/c1-11-6-7-13(12(2)8-11)9-14(18)10-17-15(19)20-16(3,4)5/h6-8,14,18H,9-10H2,1-5H3,(H,17,19). The first-order valence-corrected chi connectivity index (χ1v) is 6.88. The Balaban J connectivity index is 2.44. The molecule has 4 nitrogen and oxygen atoms in total. The van der Waals surface area contributed by atoms with E-state index in [9.17, 15) is 9.90 Å². The molecule has 0 aliphatic carbocycles. The molecule has 1 atom stereocenters. The lowest BCUT2D eigenvalue weighted by Gasteiger charge is -2.20. The van der Waals surface area contributed by atoms with Crippen LogP contribution >= 0.6 is 0 Å². The van der Waals surface area contributed by atoms with Crippen LogP contribution in [0.25, 0.3) is 0 Å². The smallest absolute Gasteiger partial charge is 0.407 e. The van der Waals surface area contributed by atoms with E-state index in [1.807, 2.05) is 26.0 Å². The van der Waals surface area contributed by atoms with Gasteiger partial charge >= 0.3 is 6.09 Å². The lowest BCUT2D eigenvalue weighted by molar-refractivity contribution is 0.0492. The molecule has 1 rings (SSSR count). The van der Waals surface area contributed by atoms with E-state index >= 15 is 0 Å². The number of rotatable bonds is 4. The second-order valence-corrected chi connectivity index (χ2v) is 6.17. The Labute approximate surface area is 121 Å². The fourth-order valence-electron chi connectivity index (χ4n) is 1.92. The number of carbonyl (C=O) groups is 1. The summed E-state index contributed by atoms with van der Waals surface area (Å²) in [5, 5.41) is 12.6. The average molecular weight is 279 g/mol. The number of aliphatic hydroxyl groups is 1. The minimum Gasteiger partial charge on any atom is -0.444 e. The second-order valence-electron chi connectivity index (χ2n) is 6.17. The van der Waals surface area contributed by atoms with Gasteiger partial charge in [-0.3, -0.25) is 0 Å². The molecule has 4 heteroatoms. The first-order chi connectivity index (χ1) is 9.17. The largest absolute Gasteiger partial charge is 0.444 e. The minimum atomic E-state index is -0.621. The van der Waals surface area contributed by atoms with Crippen LogP contribution in [0.5, 0.6) is 0 Å². The van der Waals surface area contributed by atoms with Crippen molar-refractivity contribution in [3.63, 3.8) is 0 Å². The van der Waals surface area contributed by atoms with Gasteiger partial charge in [-0.2, -0.15) is 0 Å². The summed E-state index contributed by atoms with van der Waals surface area (Å²) in [6, 6.07) is 6.13. The third-order valence-electron chi connectivity index (χ3n) is 2.83. The van der Waals surface area contributed by atoms with Gasteiger partial charge in [0.05, 0.1) is 6.10 Å². The van der Waals surface area contributed by atoms with Gasteiger partial charge < -0.3 is 15.2 Å². The molecule has 1 unspecified atom stereocenters. The summed E-state index contributed by atoms with van der Waals surface area (Å²) >= 11 is 0. The fourth-order valence-corrected chi connectivity index (χ4v) is 1.92. The molecule has 1 amide bonds. The number of hydrogen-bond acceptors (Lipinski definition) is 3. The molecule has 20 heavy (non-hydrogen) atoms. The highest BCUT2D eigenvalue weighted by Crippen LogP contribution is 2.12. The number of hydrogen-bond donors (Lipinski definition) is 2. The van der Waals surface area contributed by atoms with Crippen LogP contribution in [0.1, 0.15) is 37.5 Å². The molecule has 0 aliphatic rings. The zero-order valence-electron chi connectivity index (χ0n) is 13.0. The van der Waals surface area contributed by atoms with Crippen LogP contribution in [0, 0.1) is 13.8 Å². The lowest BCUT2D eigenvalue weighted by atomic mass is 10.0. The Morgan fingerprint density at radius 1 is 1.35 bits per heavy atom. The van der Waals surface area contributed by atoms with Crippen molar-refractivity contribution in [1.82, 2.24) is 5.32 Å². The molecular weight excluding hydrogens is 254 g/mol. The lowest BCUT2D eigenvalue weighted by Crippen LogP contribution is -2.37. The molecule has 0 bridgehead atoms. The van der Waals surface area contributed by atoms with Crippen molar-refractivity contribution in [3.8, 4) is 0 Å². The SMILES string of the molecule is Cc1ccc(CC(O)CNC(=O)OC(C)(C)C)c(C)c1. The molecule has 0 aromatic heterocycles. The Morgan fingerprint density at radius 2 is 2.00 bits per heavy atom. The number of nitrogens with one attached hydrogen (secondary N) is 1. The predicted molar refractivity (Wildman–Crippen MR) is 79.9 cm³/mol. The van der Waals surface area contributed by atoms with E-state index in [1.54, 1.807) is 20.8 Å². The van der Waals surface area contributed by atoms with Crippen LogP contribution in [0.3, 0.4) is 0 Å². The van der Waals surface area contributed by atoms with Gasteiger partial charge in [-0.1, -0.05) is 23.8 Å². The molecule has 0 radical (unpaired) electrons. The summed E-state index contributed by atoms with van der Waals surface area (Å²) in [7, 11) is 0. The molecule has 0 heterocycles. The van der Waals surface area contributed by atoms with Crippen molar-refractivity contribution in [2.75, 3.05) is 6.54 Å². The van der Waals surface area contributed by atoms with Crippen molar-refractivity contribution >= 4 is 6.09 Å². The van der Waals surface area contributed by atoms with Crippen LogP contribution in [-0.2, 0) is 11.2 Å². The van der Waals surface area contributed by atoms with Gasteiger partial charge in [-0.25, -0.2) is 4.79 Å². The van der Waals surface area contributed by atoms with Gasteiger partial charge in [0.2, 0.25) is 0 Å². The highest BCUT2D eigenvalue weighted by Gasteiger charge is 2.17. The predicted octanol–water partition coefficient (Wildman–Crippen LogP) is 2.73. The van der Waals surface area contributed by atoms with Crippen LogP contribution in [-0.4, -0.2) is 29.4 Å². The number of ether oxygens (including phenoxy) is 1. The van der Waals surface area contributed by atoms with E-state index in [0.29, 0.717) is 6.42 Å². The van der Waals surface area contributed by atoms with E-state index in [2.05, 4.69) is 11.4 Å². The summed E-state index contributed by atoms with van der Waals surface area (Å²) in [4.78, 5) is 11.5. The van der Waals surface area contributed by atoms with E-state index < -0.39 is 17.8 Å². The maximum atomic E-state index is 11.5. The van der Waals surface area contributed by atoms with Gasteiger partial charge in [0.15, 0.2) is 0 Å². The van der Waals surface area contributed by atoms with Gasteiger partial charge in [0.25, 0.3) is 0 Å². The number of benzene rings is 1. The quantitative estimate of drug-likeness (QED) is 0.891. The van der Waals surface area contributed by atoms with E-state index in [0.717, 1.165) is 11.1 Å². The average Bonchev–Trinajstić information content (AvgIpc) is 2.28. The molecule has 0 spiro atoms. The van der Waals surface area contributed by atoms with Crippen molar-refractivity contribution in [2.24, 2.45) is 0 Å². The summed E-state index contributed by atoms with van der Waals surface area (Å²) in [6.45, 7) is 9.66. The molecule has 1 aromatic carbocycles. The zero-order valence-corrected chi connectivity index (χ0v) is 13.0. The van der Waals surface area contributed by atoms with Crippen LogP contribution in [0.15, 0.2) is 18.2 Å². The van der Waals surface area contributed by atoms with Crippen molar-refractivity contribution < 1.29 is 14.6 Å². The van der Waals surface area contributed by atoms with E-state index in [4.69, 9.17) is 4.74 Å². The van der Waals surface area contributed by atoms with Gasteiger partial charge in [-0.15, -0.1) is 0 Å². The Bertz CT molecular complexity index is 463. The third-order valence-corrected chi connectivity index (χ3v) is 2.83. The fraction of sp³-hybridized carbons (Fsp3) is 0.562. The molecule has 0 saturated carbocycles. The minimum absolute atomic E-state index is 0.183. The van der Waals surface area contributed by atoms with Crippen molar-refractivity contribution in [1.29, 1.82) is 0 Å². The van der Waals surface area contributed by atoms with Gasteiger partial charge in [0.1, 0.15) is 5.60 Å². The molecular formula is C16H25NO3. The highest BCUT2D eigenvalue weighted by atomic mass is 16.6. The topological polar surface area (TPSA) is 58.6 Å². The van der Waals surface area contributed by atoms with E-state index in [-0.39, 0.29) is 6.54 Å². The van der Waals surface area contributed by atoms with Crippen LogP contribution in [0.4, 0.5) is 4.79 Å². The highest BCUT2D eigenvalue weighted by molar-refractivity contribution is 5.67. The molecule has 0 aliphatic heterocycles. The molecule has 0 saturated heterocycles. The Kier molecular flexibility index (Phi) is 5.57. The monoisotopic (exact) mass is 279 g/mol. The molecule has 1 aromatic rings. The number of alkyl carbamates (subject to hydrolysis) is 1. The third kappa shape index (κ3) is 6.06. The van der Waals surface area contributed by atoms with Gasteiger partial charge in [-0.05, 0) is 45.7 Å². The summed E-state index contributed by atoms with van der Waals surface area (Å²) in [5.41, 5.74) is 2.92. The van der Waals surface area contributed by atoms with Crippen LogP contribution < -0.4 is 5.32 Å². The van der Waals surface area contributed by atoms with Crippen molar-refractivity contribution in [2.45, 2.75) is 52.7 Å². The summed E-state index contributed by atoms with van der Waals surface area (Å²) in [5.74, 6) is 0. The summed E-state index contributed by atoms with van der Waals surface area (Å²) in [6.07, 6.45) is -0.608. The summed E-state index contributed by atoms with van der Waals surface area (Å²) < 4.78 is 5.12.